The molecule has 0 saturated carbocycles. The highest BCUT2D eigenvalue weighted by Gasteiger charge is 2.17. The molecular weight excluding hydrogens is 214 g/mol. The molecule has 1 heterocycles. The van der Waals surface area contributed by atoms with Crippen molar-refractivity contribution in [1.82, 2.24) is 4.57 Å². The molecule has 0 bridgehead atoms. The van der Waals surface area contributed by atoms with E-state index < -0.39 is 0 Å². The van der Waals surface area contributed by atoms with Gasteiger partial charge in [0.05, 0.1) is 12.7 Å². The van der Waals surface area contributed by atoms with Crippen molar-refractivity contribution in [3.8, 4) is 0 Å². The quantitative estimate of drug-likeness (QED) is 0.751. The Morgan fingerprint density at radius 1 is 1.29 bits per heavy atom. The molecule has 0 spiro atoms. The van der Waals surface area contributed by atoms with E-state index in [0.29, 0.717) is 18.8 Å². The maximum absolute atomic E-state index is 11.9. The number of ether oxygens (including phenoxy) is 1. The zero-order valence-electron chi connectivity index (χ0n) is 10.7. The number of rotatable bonds is 4. The van der Waals surface area contributed by atoms with Gasteiger partial charge in [0, 0.05) is 30.9 Å². The van der Waals surface area contributed by atoms with Gasteiger partial charge in [0.25, 0.3) is 0 Å². The van der Waals surface area contributed by atoms with Crippen molar-refractivity contribution in [3.63, 3.8) is 0 Å². The average molecular weight is 235 g/mol. The van der Waals surface area contributed by atoms with E-state index in [1.54, 1.807) is 0 Å². The van der Waals surface area contributed by atoms with E-state index >= 15 is 0 Å². The number of aryl methyl sites for hydroxylation is 1. The molecule has 94 valence electrons. The third-order valence-electron chi connectivity index (χ3n) is 3.16. The Kier molecular flexibility index (Phi) is 4.00. The van der Waals surface area contributed by atoms with Crippen LogP contribution >= 0.6 is 0 Å². The van der Waals surface area contributed by atoms with Gasteiger partial charge in [0.15, 0.2) is 5.78 Å². The molecule has 1 aromatic rings. The number of fused-ring (bicyclic) bond motifs is 1. The van der Waals surface area contributed by atoms with Gasteiger partial charge in [-0.2, -0.15) is 0 Å². The Morgan fingerprint density at radius 2 is 2.06 bits per heavy atom. The average Bonchev–Trinajstić information content (AvgIpc) is 2.60. The summed E-state index contributed by atoms with van der Waals surface area (Å²) >= 11 is 0. The highest BCUT2D eigenvalue weighted by Crippen LogP contribution is 2.21. The lowest BCUT2D eigenvalue weighted by atomic mass is 10.1. The van der Waals surface area contributed by atoms with E-state index in [2.05, 4.69) is 10.8 Å². The van der Waals surface area contributed by atoms with E-state index in [1.807, 2.05) is 20.0 Å². The molecule has 1 aromatic heterocycles. The molecule has 0 radical (unpaired) electrons. The molecule has 1 aliphatic carbocycles. The number of aromatic nitrogens is 1. The highest BCUT2D eigenvalue weighted by atomic mass is 16.5. The second kappa shape index (κ2) is 5.50. The van der Waals surface area contributed by atoms with Gasteiger partial charge < -0.3 is 9.30 Å². The van der Waals surface area contributed by atoms with Crippen LogP contribution in [0.3, 0.4) is 0 Å². The second-order valence-electron chi connectivity index (χ2n) is 4.98. The van der Waals surface area contributed by atoms with E-state index in [9.17, 15) is 4.79 Å². The lowest BCUT2D eigenvalue weighted by Crippen LogP contribution is -2.09. The smallest absolute Gasteiger partial charge is 0.164 e. The van der Waals surface area contributed by atoms with Crippen molar-refractivity contribution in [1.29, 1.82) is 0 Å². The van der Waals surface area contributed by atoms with Crippen molar-refractivity contribution in [2.45, 2.75) is 52.2 Å². The van der Waals surface area contributed by atoms with Gasteiger partial charge in [-0.3, -0.25) is 4.79 Å². The molecule has 1 aliphatic rings. The number of hydrogen-bond donors (Lipinski definition) is 0. The summed E-state index contributed by atoms with van der Waals surface area (Å²) in [5.41, 5.74) is 2.16. The molecule has 17 heavy (non-hydrogen) atoms. The summed E-state index contributed by atoms with van der Waals surface area (Å²) in [6.45, 7) is 5.61. The number of ketones is 1. The molecule has 0 aromatic carbocycles. The molecule has 0 saturated heterocycles. The molecule has 0 amide bonds. The van der Waals surface area contributed by atoms with E-state index in [0.717, 1.165) is 31.4 Å². The van der Waals surface area contributed by atoms with E-state index in [4.69, 9.17) is 4.74 Å². The molecule has 0 fully saturated rings. The zero-order valence-corrected chi connectivity index (χ0v) is 10.7. The van der Waals surface area contributed by atoms with Crippen LogP contribution in [0.1, 0.15) is 49.0 Å². The van der Waals surface area contributed by atoms with Crippen molar-refractivity contribution in [2.24, 2.45) is 0 Å². The topological polar surface area (TPSA) is 31.2 Å². The second-order valence-corrected chi connectivity index (χ2v) is 4.98. The summed E-state index contributed by atoms with van der Waals surface area (Å²) < 4.78 is 7.62. The molecule has 3 heteroatoms. The first-order chi connectivity index (χ1) is 8.16. The number of hydrogen-bond acceptors (Lipinski definition) is 2. The Bertz CT molecular complexity index is 393. The van der Waals surface area contributed by atoms with Gasteiger partial charge in [0.1, 0.15) is 0 Å². The predicted molar refractivity (Wildman–Crippen MR) is 67.4 cm³/mol. The Morgan fingerprint density at radius 3 is 2.82 bits per heavy atom. The summed E-state index contributed by atoms with van der Waals surface area (Å²) in [5.74, 6) is 0.307. The number of carbonyl (C=O) groups is 1. The van der Waals surface area contributed by atoms with Gasteiger partial charge in [-0.05, 0) is 38.7 Å². The summed E-state index contributed by atoms with van der Waals surface area (Å²) in [4.78, 5) is 11.9. The molecule has 0 unspecified atom stereocenters. The third kappa shape index (κ3) is 3.19. The first kappa shape index (κ1) is 12.4. The Labute approximate surface area is 103 Å². The van der Waals surface area contributed by atoms with E-state index in [1.165, 1.54) is 5.56 Å². The lowest BCUT2D eigenvalue weighted by Gasteiger charge is -2.07. The van der Waals surface area contributed by atoms with Crippen LogP contribution in [0.5, 0.6) is 0 Å². The van der Waals surface area contributed by atoms with Crippen LogP contribution in [0.15, 0.2) is 12.4 Å². The molecular formula is C14H21NO2. The van der Waals surface area contributed by atoms with Crippen LogP contribution in [-0.2, 0) is 17.7 Å². The van der Waals surface area contributed by atoms with Gasteiger partial charge in [-0.25, -0.2) is 0 Å². The normalized spacial score (nSPS) is 16.1. The minimum Gasteiger partial charge on any atom is -0.377 e. The number of Topliss-reactive ketones (excluding diaryl/α,β-unsaturated/α-hetero) is 1. The fourth-order valence-corrected chi connectivity index (χ4v) is 2.26. The Hall–Kier alpha value is -1.09. The van der Waals surface area contributed by atoms with Gasteiger partial charge in [0.2, 0.25) is 0 Å². The molecule has 3 nitrogen and oxygen atoms in total. The van der Waals surface area contributed by atoms with Crippen molar-refractivity contribution in [2.75, 3.05) is 6.61 Å². The maximum Gasteiger partial charge on any atom is 0.164 e. The largest absolute Gasteiger partial charge is 0.377 e. The number of carbonyl (C=O) groups excluding carboxylic acids is 1. The fraction of sp³-hybridized carbons (Fsp3) is 0.643. The van der Waals surface area contributed by atoms with Crippen LogP contribution in [0, 0.1) is 0 Å². The molecule has 0 N–H and O–H groups in total. The zero-order chi connectivity index (χ0) is 12.3. The highest BCUT2D eigenvalue weighted by molar-refractivity contribution is 5.97. The molecule has 0 aliphatic heterocycles. The predicted octanol–water partition coefficient (Wildman–Crippen LogP) is 2.82. The summed E-state index contributed by atoms with van der Waals surface area (Å²) in [5, 5.41) is 0. The minimum absolute atomic E-state index is 0.269. The monoisotopic (exact) mass is 235 g/mol. The van der Waals surface area contributed by atoms with Crippen LogP contribution in [0.2, 0.25) is 0 Å². The SMILES string of the molecule is CC(C)OCCn1cc2c(c1)C(=O)CCCC2. The van der Waals surface area contributed by atoms with Crippen molar-refractivity contribution < 1.29 is 9.53 Å². The molecule has 2 rings (SSSR count). The Balaban J connectivity index is 2.01. The van der Waals surface area contributed by atoms with Gasteiger partial charge >= 0.3 is 0 Å². The van der Waals surface area contributed by atoms with Crippen LogP contribution in [0.4, 0.5) is 0 Å². The number of nitrogens with zero attached hydrogens (tertiary/aromatic N) is 1. The summed E-state index contributed by atoms with van der Waals surface area (Å²) in [6.07, 6.45) is 8.29. The van der Waals surface area contributed by atoms with Crippen LogP contribution < -0.4 is 0 Å². The van der Waals surface area contributed by atoms with Gasteiger partial charge in [-0.15, -0.1) is 0 Å². The standard InChI is InChI=1S/C14H21NO2/c1-11(2)17-8-7-15-9-12-5-3-4-6-14(16)13(12)10-15/h9-11H,3-8H2,1-2H3. The molecule has 0 atom stereocenters. The minimum atomic E-state index is 0.269. The maximum atomic E-state index is 11.9. The van der Waals surface area contributed by atoms with Crippen molar-refractivity contribution in [3.05, 3.63) is 23.5 Å². The summed E-state index contributed by atoms with van der Waals surface area (Å²) in [6, 6.07) is 0. The lowest BCUT2D eigenvalue weighted by molar-refractivity contribution is 0.0727. The van der Waals surface area contributed by atoms with Gasteiger partial charge in [-0.1, -0.05) is 0 Å². The van der Waals surface area contributed by atoms with Crippen molar-refractivity contribution >= 4 is 5.78 Å². The third-order valence-corrected chi connectivity index (χ3v) is 3.16. The summed E-state index contributed by atoms with van der Waals surface area (Å²) in [7, 11) is 0. The first-order valence-corrected chi connectivity index (χ1v) is 6.50. The fourth-order valence-electron chi connectivity index (χ4n) is 2.26. The first-order valence-electron chi connectivity index (χ1n) is 6.50. The van der Waals surface area contributed by atoms with Crippen LogP contribution in [-0.4, -0.2) is 23.1 Å². The van der Waals surface area contributed by atoms with Crippen LogP contribution in [0.25, 0.3) is 0 Å². The van der Waals surface area contributed by atoms with E-state index in [-0.39, 0.29) is 6.10 Å².